The third-order valence-electron chi connectivity index (χ3n) is 4.19. The van der Waals surface area contributed by atoms with Crippen LogP contribution in [-0.4, -0.2) is 37.0 Å². The molecule has 27 heavy (non-hydrogen) atoms. The molecule has 0 saturated heterocycles. The summed E-state index contributed by atoms with van der Waals surface area (Å²) in [6, 6.07) is 13.9. The van der Waals surface area contributed by atoms with Crippen LogP contribution >= 0.6 is 11.6 Å². The van der Waals surface area contributed by atoms with Crippen LogP contribution in [0.3, 0.4) is 0 Å². The summed E-state index contributed by atoms with van der Waals surface area (Å²) in [6.07, 6.45) is 1.90. The van der Waals surface area contributed by atoms with Crippen molar-refractivity contribution in [2.24, 2.45) is 5.92 Å². The first-order valence-corrected chi connectivity index (χ1v) is 9.20. The number of hydrogen-bond acceptors (Lipinski definition) is 3. The number of nitrogens with zero attached hydrogens (tertiary/aromatic N) is 1. The molecule has 1 fully saturated rings. The highest BCUT2D eigenvalue weighted by atomic mass is 35.5. The number of benzene rings is 2. The molecule has 0 radical (unpaired) electrons. The molecule has 0 spiro atoms. The van der Waals surface area contributed by atoms with Gasteiger partial charge in [0.2, 0.25) is 5.91 Å². The SMILES string of the molecule is CN(CCOc1ccc(Cl)cc1)C(=O)Nc1cccc(NC(=O)C2CC2)c1. The van der Waals surface area contributed by atoms with Crippen LogP contribution in [0.2, 0.25) is 5.02 Å². The minimum Gasteiger partial charge on any atom is -0.492 e. The summed E-state index contributed by atoms with van der Waals surface area (Å²) in [5.74, 6) is 0.872. The van der Waals surface area contributed by atoms with Crippen LogP contribution in [0.15, 0.2) is 48.5 Å². The van der Waals surface area contributed by atoms with E-state index < -0.39 is 0 Å². The van der Waals surface area contributed by atoms with E-state index in [1.165, 1.54) is 4.90 Å². The van der Waals surface area contributed by atoms with Crippen LogP contribution in [0.25, 0.3) is 0 Å². The van der Waals surface area contributed by atoms with Crippen LogP contribution in [-0.2, 0) is 4.79 Å². The number of anilines is 2. The lowest BCUT2D eigenvalue weighted by atomic mass is 10.2. The molecular weight excluding hydrogens is 366 g/mol. The Balaban J connectivity index is 1.45. The first kappa shape index (κ1) is 19.0. The van der Waals surface area contributed by atoms with Gasteiger partial charge < -0.3 is 20.3 Å². The van der Waals surface area contributed by atoms with Gasteiger partial charge in [-0.25, -0.2) is 4.79 Å². The van der Waals surface area contributed by atoms with Gasteiger partial charge in [-0.05, 0) is 55.3 Å². The Bertz CT molecular complexity index is 806. The van der Waals surface area contributed by atoms with E-state index in [0.29, 0.717) is 35.3 Å². The fourth-order valence-electron chi connectivity index (χ4n) is 2.42. The Morgan fingerprint density at radius 3 is 2.44 bits per heavy atom. The first-order valence-electron chi connectivity index (χ1n) is 8.82. The molecule has 1 saturated carbocycles. The summed E-state index contributed by atoms with van der Waals surface area (Å²) in [4.78, 5) is 25.7. The van der Waals surface area contributed by atoms with Gasteiger partial charge in [0.25, 0.3) is 0 Å². The number of ether oxygens (including phenoxy) is 1. The number of carbonyl (C=O) groups excluding carboxylic acids is 2. The molecule has 3 amide bonds. The zero-order valence-electron chi connectivity index (χ0n) is 15.1. The van der Waals surface area contributed by atoms with E-state index in [1.54, 1.807) is 55.6 Å². The summed E-state index contributed by atoms with van der Waals surface area (Å²) in [7, 11) is 1.69. The number of hydrogen-bond donors (Lipinski definition) is 2. The van der Waals surface area contributed by atoms with Crippen LogP contribution in [0.4, 0.5) is 16.2 Å². The third kappa shape index (κ3) is 5.89. The van der Waals surface area contributed by atoms with Gasteiger partial charge in [0, 0.05) is 29.4 Å². The number of amides is 3. The molecule has 2 aromatic carbocycles. The molecule has 0 bridgehead atoms. The van der Waals surface area contributed by atoms with Gasteiger partial charge in [-0.15, -0.1) is 0 Å². The molecule has 2 aromatic rings. The molecule has 1 aliphatic carbocycles. The van der Waals surface area contributed by atoms with E-state index in [0.717, 1.165) is 12.8 Å². The minimum absolute atomic E-state index is 0.0370. The molecule has 0 unspecified atom stereocenters. The van der Waals surface area contributed by atoms with Crippen LogP contribution in [0.5, 0.6) is 5.75 Å². The first-order chi connectivity index (χ1) is 13.0. The van der Waals surface area contributed by atoms with Crippen LogP contribution in [0.1, 0.15) is 12.8 Å². The molecule has 0 heterocycles. The van der Waals surface area contributed by atoms with Gasteiger partial charge in [-0.3, -0.25) is 4.79 Å². The molecule has 142 valence electrons. The summed E-state index contributed by atoms with van der Waals surface area (Å²) in [6.45, 7) is 0.787. The van der Waals surface area contributed by atoms with Gasteiger partial charge >= 0.3 is 6.03 Å². The van der Waals surface area contributed by atoms with Gasteiger partial charge in [-0.1, -0.05) is 17.7 Å². The van der Waals surface area contributed by atoms with Gasteiger partial charge in [0.1, 0.15) is 12.4 Å². The van der Waals surface area contributed by atoms with Crippen LogP contribution < -0.4 is 15.4 Å². The number of urea groups is 1. The van der Waals surface area contributed by atoms with E-state index in [9.17, 15) is 9.59 Å². The average Bonchev–Trinajstić information content (AvgIpc) is 3.49. The molecule has 6 nitrogen and oxygen atoms in total. The Morgan fingerprint density at radius 2 is 1.78 bits per heavy atom. The zero-order valence-corrected chi connectivity index (χ0v) is 15.8. The maximum absolute atomic E-state index is 12.3. The van der Waals surface area contributed by atoms with E-state index in [-0.39, 0.29) is 17.9 Å². The maximum atomic E-state index is 12.3. The molecule has 2 N–H and O–H groups in total. The quantitative estimate of drug-likeness (QED) is 0.746. The highest BCUT2D eigenvalue weighted by molar-refractivity contribution is 6.30. The van der Waals surface area contributed by atoms with Crippen molar-refractivity contribution in [3.63, 3.8) is 0 Å². The predicted octanol–water partition coefficient (Wildman–Crippen LogP) is 4.23. The maximum Gasteiger partial charge on any atom is 0.321 e. The number of rotatable bonds is 7. The molecular formula is C20H22ClN3O3. The zero-order chi connectivity index (χ0) is 19.2. The number of likely N-dealkylation sites (N-methyl/N-ethyl adjacent to an activating group) is 1. The van der Waals surface area contributed by atoms with Crippen molar-refractivity contribution in [1.82, 2.24) is 4.90 Å². The van der Waals surface area contributed by atoms with Crippen molar-refractivity contribution in [1.29, 1.82) is 0 Å². The standard InChI is InChI=1S/C20H22ClN3O3/c1-24(11-12-27-18-9-7-15(21)8-10-18)20(26)23-17-4-2-3-16(13-17)22-19(25)14-5-6-14/h2-4,7-10,13-14H,5-6,11-12H2,1H3,(H,22,25)(H,23,26). The van der Waals surface area contributed by atoms with Crippen molar-refractivity contribution in [2.75, 3.05) is 30.8 Å². The molecule has 0 aliphatic heterocycles. The highest BCUT2D eigenvalue weighted by Gasteiger charge is 2.29. The van der Waals surface area contributed by atoms with Crippen molar-refractivity contribution in [3.05, 3.63) is 53.6 Å². The number of nitrogens with one attached hydrogen (secondary N) is 2. The monoisotopic (exact) mass is 387 g/mol. The lowest BCUT2D eigenvalue weighted by Crippen LogP contribution is -2.34. The van der Waals surface area contributed by atoms with Crippen molar-refractivity contribution in [2.45, 2.75) is 12.8 Å². The van der Waals surface area contributed by atoms with Gasteiger partial charge in [0.05, 0.1) is 6.54 Å². The van der Waals surface area contributed by atoms with Crippen LogP contribution in [0, 0.1) is 5.92 Å². The lowest BCUT2D eigenvalue weighted by Gasteiger charge is -2.18. The summed E-state index contributed by atoms with van der Waals surface area (Å²) in [5, 5.41) is 6.34. The Morgan fingerprint density at radius 1 is 1.11 bits per heavy atom. The third-order valence-corrected chi connectivity index (χ3v) is 4.44. The Kier molecular flexibility index (Phi) is 6.19. The smallest absolute Gasteiger partial charge is 0.321 e. The molecule has 0 aromatic heterocycles. The van der Waals surface area contributed by atoms with E-state index in [2.05, 4.69) is 10.6 Å². The van der Waals surface area contributed by atoms with E-state index in [1.807, 2.05) is 0 Å². The molecule has 0 atom stereocenters. The lowest BCUT2D eigenvalue weighted by molar-refractivity contribution is -0.117. The normalized spacial score (nSPS) is 13.0. The molecule has 7 heteroatoms. The van der Waals surface area contributed by atoms with Crippen molar-refractivity contribution in [3.8, 4) is 5.75 Å². The van der Waals surface area contributed by atoms with E-state index in [4.69, 9.17) is 16.3 Å². The van der Waals surface area contributed by atoms with Gasteiger partial charge in [-0.2, -0.15) is 0 Å². The predicted molar refractivity (Wildman–Crippen MR) is 106 cm³/mol. The Labute approximate surface area is 163 Å². The summed E-state index contributed by atoms with van der Waals surface area (Å²) >= 11 is 5.83. The second-order valence-electron chi connectivity index (χ2n) is 6.50. The summed E-state index contributed by atoms with van der Waals surface area (Å²) in [5.41, 5.74) is 1.30. The van der Waals surface area contributed by atoms with Gasteiger partial charge in [0.15, 0.2) is 0 Å². The van der Waals surface area contributed by atoms with Crippen molar-refractivity contribution >= 4 is 34.9 Å². The minimum atomic E-state index is -0.250. The Hall–Kier alpha value is -2.73. The fraction of sp³-hybridized carbons (Fsp3) is 0.300. The molecule has 3 rings (SSSR count). The van der Waals surface area contributed by atoms with Crippen molar-refractivity contribution < 1.29 is 14.3 Å². The highest BCUT2D eigenvalue weighted by Crippen LogP contribution is 2.30. The second kappa shape index (κ2) is 8.77. The second-order valence-corrected chi connectivity index (χ2v) is 6.93. The molecule has 1 aliphatic rings. The fourth-order valence-corrected chi connectivity index (χ4v) is 2.54. The number of carbonyl (C=O) groups is 2. The average molecular weight is 388 g/mol. The van der Waals surface area contributed by atoms with E-state index >= 15 is 0 Å². The topological polar surface area (TPSA) is 70.7 Å². The summed E-state index contributed by atoms with van der Waals surface area (Å²) < 4.78 is 5.60. The number of halogens is 1. The largest absolute Gasteiger partial charge is 0.492 e.